The number of carbonyl (C=O) groups is 1. The lowest BCUT2D eigenvalue weighted by atomic mass is 10.0. The number of anilines is 1. The number of halogens is 1. The maximum absolute atomic E-state index is 12.0. The van der Waals surface area contributed by atoms with E-state index in [1.54, 1.807) is 0 Å². The van der Waals surface area contributed by atoms with Gasteiger partial charge in [0.1, 0.15) is 11.5 Å². The highest BCUT2D eigenvalue weighted by Gasteiger charge is 2.14. The molecule has 0 aromatic heterocycles. The maximum atomic E-state index is 12.0. The summed E-state index contributed by atoms with van der Waals surface area (Å²) in [6.45, 7) is 2.24. The van der Waals surface area contributed by atoms with E-state index in [4.69, 9.17) is 9.47 Å². The van der Waals surface area contributed by atoms with Gasteiger partial charge in [0.15, 0.2) is 0 Å². The standard InChI is InChI=1S/C19H21BrN2O3/c20-17-12-15(6-7-18(17)25-16-4-2-1-3-5-16)22-19(23)21-13-14-8-10-24-11-9-14/h1-7,12,14H,8-11,13H2,(H2,21,22,23). The SMILES string of the molecule is O=C(NCC1CCOCC1)Nc1ccc(Oc2ccccc2)c(Br)c1. The lowest BCUT2D eigenvalue weighted by Crippen LogP contribution is -2.35. The molecule has 2 amide bonds. The van der Waals surface area contributed by atoms with E-state index < -0.39 is 0 Å². The number of carbonyl (C=O) groups excluding carboxylic acids is 1. The largest absolute Gasteiger partial charge is 0.456 e. The van der Waals surface area contributed by atoms with Gasteiger partial charge in [-0.1, -0.05) is 18.2 Å². The Balaban J connectivity index is 1.52. The Hall–Kier alpha value is -2.05. The zero-order valence-electron chi connectivity index (χ0n) is 13.8. The first kappa shape index (κ1) is 17.8. The van der Waals surface area contributed by atoms with Crippen LogP contribution in [0.2, 0.25) is 0 Å². The van der Waals surface area contributed by atoms with Crippen LogP contribution in [0, 0.1) is 5.92 Å². The first-order valence-corrected chi connectivity index (χ1v) is 9.15. The van der Waals surface area contributed by atoms with E-state index in [1.165, 1.54) is 0 Å². The van der Waals surface area contributed by atoms with Crippen LogP contribution in [-0.2, 0) is 4.74 Å². The molecule has 2 aromatic rings. The van der Waals surface area contributed by atoms with Crippen LogP contribution in [0.25, 0.3) is 0 Å². The summed E-state index contributed by atoms with van der Waals surface area (Å²) >= 11 is 3.49. The van der Waals surface area contributed by atoms with Crippen LogP contribution in [-0.4, -0.2) is 25.8 Å². The van der Waals surface area contributed by atoms with Gasteiger partial charge < -0.3 is 20.1 Å². The molecule has 0 spiro atoms. The Kier molecular flexibility index (Phi) is 6.30. The third-order valence-electron chi connectivity index (χ3n) is 4.05. The highest BCUT2D eigenvalue weighted by Crippen LogP contribution is 2.31. The molecule has 0 unspecified atom stereocenters. The summed E-state index contributed by atoms with van der Waals surface area (Å²) in [7, 11) is 0. The molecule has 5 nitrogen and oxygen atoms in total. The van der Waals surface area contributed by atoms with Crippen molar-refractivity contribution in [2.75, 3.05) is 25.1 Å². The molecule has 1 saturated heterocycles. The lowest BCUT2D eigenvalue weighted by molar-refractivity contribution is 0.0671. The van der Waals surface area contributed by atoms with E-state index in [-0.39, 0.29) is 6.03 Å². The number of hydrogen-bond acceptors (Lipinski definition) is 3. The van der Waals surface area contributed by atoms with E-state index in [1.807, 2.05) is 48.5 Å². The fourth-order valence-electron chi connectivity index (χ4n) is 2.64. The highest BCUT2D eigenvalue weighted by molar-refractivity contribution is 9.10. The van der Waals surface area contributed by atoms with E-state index in [0.717, 1.165) is 36.3 Å². The van der Waals surface area contributed by atoms with Gasteiger partial charge in [-0.3, -0.25) is 0 Å². The van der Waals surface area contributed by atoms with Crippen molar-refractivity contribution in [3.8, 4) is 11.5 Å². The number of benzene rings is 2. The normalized spacial score (nSPS) is 14.8. The molecule has 132 valence electrons. The third-order valence-corrected chi connectivity index (χ3v) is 4.67. The molecule has 6 heteroatoms. The first-order valence-electron chi connectivity index (χ1n) is 8.36. The number of hydrogen-bond donors (Lipinski definition) is 2. The summed E-state index contributed by atoms with van der Waals surface area (Å²) in [5, 5.41) is 5.77. The number of nitrogens with one attached hydrogen (secondary N) is 2. The summed E-state index contributed by atoms with van der Waals surface area (Å²) in [6.07, 6.45) is 1.99. The number of ether oxygens (including phenoxy) is 2. The van der Waals surface area contributed by atoms with E-state index >= 15 is 0 Å². The summed E-state index contributed by atoms with van der Waals surface area (Å²) < 4.78 is 11.9. The number of para-hydroxylation sites is 1. The molecule has 1 fully saturated rings. The van der Waals surface area contributed by atoms with Crippen LogP contribution in [0.1, 0.15) is 12.8 Å². The van der Waals surface area contributed by atoms with Crippen LogP contribution < -0.4 is 15.4 Å². The molecule has 1 heterocycles. The Labute approximate surface area is 155 Å². The molecular weight excluding hydrogens is 384 g/mol. The zero-order chi connectivity index (χ0) is 17.5. The smallest absolute Gasteiger partial charge is 0.319 e. The Morgan fingerprint density at radius 3 is 2.64 bits per heavy atom. The van der Waals surface area contributed by atoms with Gasteiger partial charge in [-0.25, -0.2) is 4.79 Å². The van der Waals surface area contributed by atoms with Gasteiger partial charge in [0.25, 0.3) is 0 Å². The van der Waals surface area contributed by atoms with Crippen molar-refractivity contribution in [2.24, 2.45) is 5.92 Å². The molecule has 2 N–H and O–H groups in total. The fraction of sp³-hybridized carbons (Fsp3) is 0.316. The van der Waals surface area contributed by atoms with Crippen molar-refractivity contribution in [2.45, 2.75) is 12.8 Å². The van der Waals surface area contributed by atoms with E-state index in [9.17, 15) is 4.79 Å². The van der Waals surface area contributed by atoms with Crippen molar-refractivity contribution >= 4 is 27.6 Å². The molecule has 0 radical (unpaired) electrons. The van der Waals surface area contributed by atoms with Crippen LogP contribution in [0.15, 0.2) is 53.0 Å². The molecule has 25 heavy (non-hydrogen) atoms. The average molecular weight is 405 g/mol. The minimum absolute atomic E-state index is 0.199. The van der Waals surface area contributed by atoms with Crippen molar-refractivity contribution in [1.82, 2.24) is 5.32 Å². The predicted octanol–water partition coefficient (Wildman–Crippen LogP) is 4.79. The van der Waals surface area contributed by atoms with Gasteiger partial charge in [-0.05, 0) is 65.0 Å². The van der Waals surface area contributed by atoms with Gasteiger partial charge in [-0.15, -0.1) is 0 Å². The second-order valence-corrected chi connectivity index (χ2v) is 6.81. The van der Waals surface area contributed by atoms with Crippen molar-refractivity contribution < 1.29 is 14.3 Å². The van der Waals surface area contributed by atoms with Crippen LogP contribution in [0.3, 0.4) is 0 Å². The van der Waals surface area contributed by atoms with Gasteiger partial charge in [0, 0.05) is 25.4 Å². The quantitative estimate of drug-likeness (QED) is 0.752. The van der Waals surface area contributed by atoms with Crippen molar-refractivity contribution in [3.05, 3.63) is 53.0 Å². The molecule has 0 bridgehead atoms. The fourth-order valence-corrected chi connectivity index (χ4v) is 3.10. The first-order chi connectivity index (χ1) is 12.2. The molecule has 0 aliphatic carbocycles. The van der Waals surface area contributed by atoms with E-state index in [0.29, 0.717) is 23.9 Å². The molecule has 1 aliphatic heterocycles. The molecule has 2 aromatic carbocycles. The lowest BCUT2D eigenvalue weighted by Gasteiger charge is -2.22. The Morgan fingerprint density at radius 1 is 1.16 bits per heavy atom. The number of amides is 2. The van der Waals surface area contributed by atoms with Crippen LogP contribution in [0.4, 0.5) is 10.5 Å². The van der Waals surface area contributed by atoms with Crippen LogP contribution in [0.5, 0.6) is 11.5 Å². The van der Waals surface area contributed by atoms with Gasteiger partial charge in [0.05, 0.1) is 4.47 Å². The minimum Gasteiger partial charge on any atom is -0.456 e. The predicted molar refractivity (Wildman–Crippen MR) is 101 cm³/mol. The van der Waals surface area contributed by atoms with Gasteiger partial charge in [0.2, 0.25) is 0 Å². The second-order valence-electron chi connectivity index (χ2n) is 5.95. The molecule has 1 aliphatic rings. The summed E-state index contributed by atoms with van der Waals surface area (Å²) in [5.41, 5.74) is 0.705. The third kappa shape index (κ3) is 5.47. The molecular formula is C19H21BrN2O3. The maximum Gasteiger partial charge on any atom is 0.319 e. The molecule has 0 atom stereocenters. The minimum atomic E-state index is -0.199. The van der Waals surface area contributed by atoms with Crippen molar-refractivity contribution in [3.63, 3.8) is 0 Å². The summed E-state index contributed by atoms with van der Waals surface area (Å²) in [4.78, 5) is 12.0. The van der Waals surface area contributed by atoms with Crippen molar-refractivity contribution in [1.29, 1.82) is 0 Å². The molecule has 0 saturated carbocycles. The summed E-state index contributed by atoms with van der Waals surface area (Å²) in [6, 6.07) is 14.8. The van der Waals surface area contributed by atoms with Crippen LogP contribution >= 0.6 is 15.9 Å². The summed E-state index contributed by atoms with van der Waals surface area (Å²) in [5.74, 6) is 1.95. The van der Waals surface area contributed by atoms with Gasteiger partial charge >= 0.3 is 6.03 Å². The number of urea groups is 1. The second kappa shape index (κ2) is 8.87. The van der Waals surface area contributed by atoms with E-state index in [2.05, 4.69) is 26.6 Å². The Bertz CT molecular complexity index is 703. The molecule has 3 rings (SSSR count). The monoisotopic (exact) mass is 404 g/mol. The zero-order valence-corrected chi connectivity index (χ0v) is 15.4. The highest BCUT2D eigenvalue weighted by atomic mass is 79.9. The Morgan fingerprint density at radius 2 is 1.92 bits per heavy atom. The van der Waals surface area contributed by atoms with Gasteiger partial charge in [-0.2, -0.15) is 0 Å². The number of rotatable bonds is 5. The topological polar surface area (TPSA) is 59.6 Å². The average Bonchev–Trinajstić information content (AvgIpc) is 2.64.